The molecule has 132 valence electrons. The first-order valence-corrected chi connectivity index (χ1v) is 10.0. The zero-order valence-corrected chi connectivity index (χ0v) is 16.8. The van der Waals surface area contributed by atoms with Gasteiger partial charge >= 0.3 is 0 Å². The maximum Gasteiger partial charge on any atom is 0.276 e. The van der Waals surface area contributed by atoms with Crippen LogP contribution in [0.1, 0.15) is 19.4 Å². The molecule has 4 aromatic rings. The number of halogens is 1. The molecule has 0 aliphatic rings. The average molecular weight is 429 g/mol. The largest absolute Gasteiger partial charge is 0.372 e. The quantitative estimate of drug-likeness (QED) is 0.499. The molecule has 3 heterocycles. The van der Waals surface area contributed by atoms with Gasteiger partial charge in [0.25, 0.3) is 5.56 Å². The van der Waals surface area contributed by atoms with E-state index in [0.717, 1.165) is 28.6 Å². The predicted molar refractivity (Wildman–Crippen MR) is 111 cm³/mol. The van der Waals surface area contributed by atoms with Crippen molar-refractivity contribution in [2.45, 2.75) is 13.8 Å². The van der Waals surface area contributed by atoms with Crippen LogP contribution in [-0.4, -0.2) is 27.5 Å². The topological polar surface area (TPSA) is 50.5 Å². The van der Waals surface area contributed by atoms with Crippen molar-refractivity contribution in [1.29, 1.82) is 0 Å². The third-order valence-corrected chi connectivity index (χ3v) is 5.77. The highest BCUT2D eigenvalue weighted by molar-refractivity contribution is 9.10. The molecule has 0 unspecified atom stereocenters. The fraction of sp³-hybridized carbons (Fsp3) is 0.211. The predicted octanol–water partition coefficient (Wildman–Crippen LogP) is 3.46. The van der Waals surface area contributed by atoms with Gasteiger partial charge in [0.05, 0.1) is 4.53 Å². The smallest absolute Gasteiger partial charge is 0.276 e. The maximum absolute atomic E-state index is 12.8. The van der Waals surface area contributed by atoms with Gasteiger partial charge in [-0.05, 0) is 59.6 Å². The van der Waals surface area contributed by atoms with Crippen LogP contribution in [0.15, 0.2) is 45.8 Å². The Bertz CT molecular complexity index is 1190. The Morgan fingerprint density at radius 3 is 2.65 bits per heavy atom. The van der Waals surface area contributed by atoms with Crippen LogP contribution in [0.25, 0.3) is 22.2 Å². The molecule has 0 aliphatic heterocycles. The number of pyridine rings is 1. The Kier molecular flexibility index (Phi) is 4.50. The molecule has 0 spiro atoms. The summed E-state index contributed by atoms with van der Waals surface area (Å²) in [5.74, 6) is 0. The average Bonchev–Trinajstić information content (AvgIpc) is 3.13. The van der Waals surface area contributed by atoms with Crippen LogP contribution in [0, 0.1) is 0 Å². The van der Waals surface area contributed by atoms with Crippen LogP contribution in [0.3, 0.4) is 0 Å². The fourth-order valence-corrected chi connectivity index (χ4v) is 4.33. The maximum atomic E-state index is 12.8. The number of imidazole rings is 1. The molecule has 26 heavy (non-hydrogen) atoms. The van der Waals surface area contributed by atoms with E-state index in [4.69, 9.17) is 0 Å². The summed E-state index contributed by atoms with van der Waals surface area (Å²) in [6, 6.07) is 10.1. The van der Waals surface area contributed by atoms with Gasteiger partial charge in [-0.1, -0.05) is 23.5 Å². The number of benzene rings is 1. The molecule has 4 rings (SSSR count). The molecular formula is C19H17BrN4OS. The molecule has 0 amide bonds. The highest BCUT2D eigenvalue weighted by Crippen LogP contribution is 2.19. The molecule has 5 nitrogen and oxygen atoms in total. The van der Waals surface area contributed by atoms with Gasteiger partial charge in [-0.3, -0.25) is 4.79 Å². The highest BCUT2D eigenvalue weighted by Gasteiger charge is 2.12. The van der Waals surface area contributed by atoms with Gasteiger partial charge in [0.1, 0.15) is 5.52 Å². The second-order valence-corrected chi connectivity index (χ2v) is 7.83. The zero-order chi connectivity index (χ0) is 18.3. The minimum atomic E-state index is -0.0739. The third-order valence-electron chi connectivity index (χ3n) is 4.37. The van der Waals surface area contributed by atoms with Crippen LogP contribution in [0.2, 0.25) is 0 Å². The van der Waals surface area contributed by atoms with Crippen LogP contribution >= 0.6 is 27.3 Å². The minimum Gasteiger partial charge on any atom is -0.372 e. The van der Waals surface area contributed by atoms with Crippen LogP contribution < -0.4 is 15.0 Å². The van der Waals surface area contributed by atoms with E-state index in [9.17, 15) is 4.79 Å². The van der Waals surface area contributed by atoms with E-state index in [1.807, 2.05) is 24.3 Å². The minimum absolute atomic E-state index is 0.0739. The number of anilines is 1. The van der Waals surface area contributed by atoms with Gasteiger partial charge in [0, 0.05) is 29.4 Å². The van der Waals surface area contributed by atoms with Gasteiger partial charge < -0.3 is 4.90 Å². The number of rotatable bonds is 4. The first kappa shape index (κ1) is 17.2. The van der Waals surface area contributed by atoms with E-state index >= 15 is 0 Å². The summed E-state index contributed by atoms with van der Waals surface area (Å²) in [5, 5.41) is 0. The normalized spacial score (nSPS) is 12.3. The molecule has 0 radical (unpaired) electrons. The molecule has 7 heteroatoms. The Hall–Kier alpha value is -2.25. The Balaban J connectivity index is 1.79. The first-order valence-electron chi connectivity index (χ1n) is 8.44. The molecule has 0 saturated carbocycles. The van der Waals surface area contributed by atoms with E-state index in [2.05, 4.69) is 56.8 Å². The Labute approximate surface area is 162 Å². The van der Waals surface area contributed by atoms with E-state index in [1.54, 1.807) is 10.6 Å². The van der Waals surface area contributed by atoms with E-state index in [1.165, 1.54) is 17.0 Å². The van der Waals surface area contributed by atoms with Crippen molar-refractivity contribution in [2.24, 2.45) is 0 Å². The second-order valence-electron chi connectivity index (χ2n) is 5.91. The summed E-state index contributed by atoms with van der Waals surface area (Å²) < 4.78 is 3.10. The summed E-state index contributed by atoms with van der Waals surface area (Å²) >= 11 is 4.77. The van der Waals surface area contributed by atoms with E-state index in [-0.39, 0.29) is 5.56 Å². The molecule has 0 N–H and O–H groups in total. The number of fused-ring (bicyclic) bond motifs is 3. The summed E-state index contributed by atoms with van der Waals surface area (Å²) in [4.78, 5) is 24.6. The number of hydrogen-bond acceptors (Lipinski definition) is 5. The van der Waals surface area contributed by atoms with Crippen molar-refractivity contribution < 1.29 is 0 Å². The molecule has 0 saturated heterocycles. The molecule has 0 atom stereocenters. The van der Waals surface area contributed by atoms with Crippen molar-refractivity contribution in [3.8, 4) is 0 Å². The van der Waals surface area contributed by atoms with Gasteiger partial charge in [-0.25, -0.2) is 14.4 Å². The Morgan fingerprint density at radius 1 is 1.23 bits per heavy atom. The molecular weight excluding hydrogens is 412 g/mol. The standard InChI is InChI=1S/C19H17BrN4OS/c1-3-23(4-2)14-7-5-12(6-8-14)9-16-18(25)24-17-15(22-19(24)26-16)10-13(20)11-21-17/h5-11H,3-4H2,1-2H3/b16-9-. The molecule has 0 fully saturated rings. The summed E-state index contributed by atoms with van der Waals surface area (Å²) in [6.07, 6.45) is 3.60. The van der Waals surface area contributed by atoms with Gasteiger partial charge in [-0.15, -0.1) is 0 Å². The molecule has 0 bridgehead atoms. The third kappa shape index (κ3) is 2.91. The van der Waals surface area contributed by atoms with Gasteiger partial charge in [0.15, 0.2) is 10.6 Å². The number of nitrogens with zero attached hydrogens (tertiary/aromatic N) is 4. The van der Waals surface area contributed by atoms with Crippen LogP contribution in [0.5, 0.6) is 0 Å². The van der Waals surface area contributed by atoms with Gasteiger partial charge in [-0.2, -0.15) is 0 Å². The number of aromatic nitrogens is 3. The van der Waals surface area contributed by atoms with E-state index in [0.29, 0.717) is 15.1 Å². The lowest BCUT2D eigenvalue weighted by molar-refractivity contribution is 0.866. The van der Waals surface area contributed by atoms with E-state index < -0.39 is 0 Å². The molecule has 1 aromatic carbocycles. The van der Waals surface area contributed by atoms with Crippen molar-refractivity contribution in [3.05, 3.63) is 61.5 Å². The number of hydrogen-bond donors (Lipinski definition) is 0. The fourth-order valence-electron chi connectivity index (χ4n) is 3.04. The van der Waals surface area contributed by atoms with Gasteiger partial charge in [0.2, 0.25) is 0 Å². The highest BCUT2D eigenvalue weighted by atomic mass is 79.9. The number of thiazole rings is 1. The zero-order valence-electron chi connectivity index (χ0n) is 14.4. The summed E-state index contributed by atoms with van der Waals surface area (Å²) in [5.41, 5.74) is 3.44. The summed E-state index contributed by atoms with van der Waals surface area (Å²) in [7, 11) is 0. The van der Waals surface area contributed by atoms with Crippen molar-refractivity contribution >= 4 is 55.2 Å². The first-order chi connectivity index (χ1) is 12.6. The lowest BCUT2D eigenvalue weighted by Gasteiger charge is -2.20. The van der Waals surface area contributed by atoms with Crippen molar-refractivity contribution in [1.82, 2.24) is 14.4 Å². The lowest BCUT2D eigenvalue weighted by Crippen LogP contribution is -2.23. The molecule has 3 aromatic heterocycles. The molecule has 0 aliphatic carbocycles. The Morgan fingerprint density at radius 2 is 1.96 bits per heavy atom. The van der Waals surface area contributed by atoms with Crippen molar-refractivity contribution in [3.63, 3.8) is 0 Å². The van der Waals surface area contributed by atoms with Crippen LogP contribution in [0.4, 0.5) is 5.69 Å². The lowest BCUT2D eigenvalue weighted by atomic mass is 10.2. The van der Waals surface area contributed by atoms with Crippen LogP contribution in [-0.2, 0) is 0 Å². The monoisotopic (exact) mass is 428 g/mol. The SMILES string of the molecule is CCN(CC)c1ccc(/C=c2\sc3nc4cc(Br)cnc4n3c2=O)cc1. The second kappa shape index (κ2) is 6.81. The summed E-state index contributed by atoms with van der Waals surface area (Å²) in [6.45, 7) is 6.24. The van der Waals surface area contributed by atoms with Crippen molar-refractivity contribution in [2.75, 3.05) is 18.0 Å².